The summed E-state index contributed by atoms with van der Waals surface area (Å²) >= 11 is 0. The summed E-state index contributed by atoms with van der Waals surface area (Å²) in [6, 6.07) is 0. The van der Waals surface area contributed by atoms with Gasteiger partial charge in [0.15, 0.2) is 0 Å². The van der Waals surface area contributed by atoms with Crippen molar-refractivity contribution in [2.24, 2.45) is 11.8 Å². The van der Waals surface area contributed by atoms with Crippen LogP contribution in [0, 0.1) is 11.8 Å². The van der Waals surface area contributed by atoms with Crippen LogP contribution in [-0.2, 0) is 19.6 Å². The first-order valence-electron chi connectivity index (χ1n) is 7.32. The molecule has 0 spiro atoms. The van der Waals surface area contributed by atoms with Gasteiger partial charge < -0.3 is 10.1 Å². The number of rotatable bonds is 4. The zero-order valence-electron chi connectivity index (χ0n) is 11.7. The van der Waals surface area contributed by atoms with Crippen molar-refractivity contribution in [1.82, 2.24) is 9.62 Å². The molecule has 0 aromatic carbocycles. The van der Waals surface area contributed by atoms with Gasteiger partial charge in [0.1, 0.15) is 6.10 Å². The number of amides is 1. The SMILES string of the molecule is CS(=O)(=O)N1CC[C@@H]2C[C@H](C(=O)NCC3CC3)O[C@H]2C1. The molecule has 0 radical (unpaired) electrons. The van der Waals surface area contributed by atoms with E-state index in [1.54, 1.807) is 0 Å². The minimum Gasteiger partial charge on any atom is -0.363 e. The maximum absolute atomic E-state index is 12.0. The molecule has 3 fully saturated rings. The lowest BCUT2D eigenvalue weighted by Gasteiger charge is -2.32. The van der Waals surface area contributed by atoms with Crippen molar-refractivity contribution in [3.8, 4) is 0 Å². The third-order valence-electron chi connectivity index (χ3n) is 4.54. The average Bonchev–Trinajstić information content (AvgIpc) is 3.11. The van der Waals surface area contributed by atoms with Crippen LogP contribution in [0.3, 0.4) is 0 Å². The van der Waals surface area contributed by atoms with E-state index >= 15 is 0 Å². The quantitative estimate of drug-likeness (QED) is 0.790. The van der Waals surface area contributed by atoms with Crippen LogP contribution < -0.4 is 5.32 Å². The molecule has 6 nitrogen and oxygen atoms in total. The highest BCUT2D eigenvalue weighted by molar-refractivity contribution is 7.88. The zero-order chi connectivity index (χ0) is 14.3. The van der Waals surface area contributed by atoms with E-state index < -0.39 is 16.1 Å². The highest BCUT2D eigenvalue weighted by atomic mass is 32.2. The van der Waals surface area contributed by atoms with Gasteiger partial charge in [-0.25, -0.2) is 8.42 Å². The fourth-order valence-electron chi connectivity index (χ4n) is 3.05. The Morgan fingerprint density at radius 3 is 2.75 bits per heavy atom. The van der Waals surface area contributed by atoms with Gasteiger partial charge >= 0.3 is 0 Å². The fourth-order valence-corrected chi connectivity index (χ4v) is 3.91. The Labute approximate surface area is 119 Å². The lowest BCUT2D eigenvalue weighted by Crippen LogP contribution is -2.45. The molecule has 2 heterocycles. The second kappa shape index (κ2) is 5.27. The third kappa shape index (κ3) is 3.15. The van der Waals surface area contributed by atoms with Crippen LogP contribution in [-0.4, -0.2) is 56.7 Å². The highest BCUT2D eigenvalue weighted by Crippen LogP contribution is 2.34. The molecule has 1 N–H and O–H groups in total. The van der Waals surface area contributed by atoms with Gasteiger partial charge in [-0.2, -0.15) is 4.31 Å². The molecule has 2 aliphatic heterocycles. The third-order valence-corrected chi connectivity index (χ3v) is 5.81. The summed E-state index contributed by atoms with van der Waals surface area (Å²) in [5, 5.41) is 2.94. The molecule has 0 aromatic heterocycles. The van der Waals surface area contributed by atoms with E-state index in [9.17, 15) is 13.2 Å². The molecule has 0 bridgehead atoms. The first kappa shape index (κ1) is 14.3. The lowest BCUT2D eigenvalue weighted by molar-refractivity contribution is -0.132. The van der Waals surface area contributed by atoms with Crippen molar-refractivity contribution in [2.75, 3.05) is 25.9 Å². The van der Waals surface area contributed by atoms with Crippen molar-refractivity contribution in [3.05, 3.63) is 0 Å². The van der Waals surface area contributed by atoms with Crippen LogP contribution in [0.4, 0.5) is 0 Å². The lowest BCUT2D eigenvalue weighted by atomic mass is 9.93. The first-order valence-corrected chi connectivity index (χ1v) is 9.16. The van der Waals surface area contributed by atoms with Crippen LogP contribution in [0.2, 0.25) is 0 Å². The topological polar surface area (TPSA) is 75.7 Å². The number of carbonyl (C=O) groups is 1. The van der Waals surface area contributed by atoms with E-state index in [0.717, 1.165) is 19.4 Å². The molecular weight excluding hydrogens is 280 g/mol. The smallest absolute Gasteiger partial charge is 0.249 e. The standard InChI is InChI=1S/C13H22N2O4S/c1-20(17,18)15-5-4-10-6-11(19-12(10)8-15)13(16)14-7-9-2-3-9/h9-12H,2-8H2,1H3,(H,14,16)/t10-,11-,12+/m1/s1. The number of piperidine rings is 1. The van der Waals surface area contributed by atoms with Crippen molar-refractivity contribution in [1.29, 1.82) is 0 Å². The largest absolute Gasteiger partial charge is 0.363 e. The van der Waals surface area contributed by atoms with Gasteiger partial charge in [-0.3, -0.25) is 4.79 Å². The van der Waals surface area contributed by atoms with E-state index in [2.05, 4.69) is 5.32 Å². The van der Waals surface area contributed by atoms with Gasteiger partial charge in [-0.15, -0.1) is 0 Å². The summed E-state index contributed by atoms with van der Waals surface area (Å²) in [7, 11) is -3.16. The second-order valence-electron chi connectivity index (χ2n) is 6.26. The van der Waals surface area contributed by atoms with Gasteiger partial charge in [0.2, 0.25) is 15.9 Å². The summed E-state index contributed by atoms with van der Waals surface area (Å²) in [6.45, 7) is 1.68. The molecule has 3 atom stereocenters. The predicted octanol–water partition coefficient (Wildman–Crippen LogP) is -0.0484. The average molecular weight is 302 g/mol. The van der Waals surface area contributed by atoms with Crippen LogP contribution in [0.25, 0.3) is 0 Å². The number of nitrogens with one attached hydrogen (secondary N) is 1. The van der Waals surface area contributed by atoms with Crippen LogP contribution >= 0.6 is 0 Å². The van der Waals surface area contributed by atoms with E-state index in [1.807, 2.05) is 0 Å². The van der Waals surface area contributed by atoms with Crippen LogP contribution in [0.1, 0.15) is 25.7 Å². The zero-order valence-corrected chi connectivity index (χ0v) is 12.6. The van der Waals surface area contributed by atoms with E-state index in [0.29, 0.717) is 24.9 Å². The maximum atomic E-state index is 12.0. The molecular formula is C13H22N2O4S. The van der Waals surface area contributed by atoms with Gasteiger partial charge in [0.25, 0.3) is 0 Å². The summed E-state index contributed by atoms with van der Waals surface area (Å²) in [5.74, 6) is 0.935. The Bertz CT molecular complexity index is 489. The number of ether oxygens (including phenoxy) is 1. The van der Waals surface area contributed by atoms with Gasteiger partial charge in [-0.05, 0) is 37.5 Å². The van der Waals surface area contributed by atoms with E-state index in [-0.39, 0.29) is 12.0 Å². The summed E-state index contributed by atoms with van der Waals surface area (Å²) < 4.78 is 30.4. The van der Waals surface area contributed by atoms with E-state index in [4.69, 9.17) is 4.74 Å². The van der Waals surface area contributed by atoms with Gasteiger partial charge in [0, 0.05) is 19.6 Å². The first-order chi connectivity index (χ1) is 9.43. The van der Waals surface area contributed by atoms with Crippen molar-refractivity contribution in [3.63, 3.8) is 0 Å². The normalized spacial score (nSPS) is 34.8. The maximum Gasteiger partial charge on any atom is 0.249 e. The molecule has 3 rings (SSSR count). The van der Waals surface area contributed by atoms with E-state index in [1.165, 1.54) is 23.4 Å². The minimum absolute atomic E-state index is 0.0304. The predicted molar refractivity (Wildman–Crippen MR) is 73.5 cm³/mol. The molecule has 0 unspecified atom stereocenters. The van der Waals surface area contributed by atoms with Crippen molar-refractivity contribution < 1.29 is 17.9 Å². The Hall–Kier alpha value is -0.660. The minimum atomic E-state index is -3.16. The molecule has 1 saturated carbocycles. The number of fused-ring (bicyclic) bond motifs is 1. The van der Waals surface area contributed by atoms with Gasteiger partial charge in [-0.1, -0.05) is 0 Å². The Balaban J connectivity index is 1.54. The van der Waals surface area contributed by atoms with Crippen molar-refractivity contribution >= 4 is 15.9 Å². The molecule has 1 amide bonds. The Kier molecular flexibility index (Phi) is 3.77. The number of carbonyl (C=O) groups excluding carboxylic acids is 1. The fraction of sp³-hybridized carbons (Fsp3) is 0.923. The number of nitrogens with zero attached hydrogens (tertiary/aromatic N) is 1. The highest BCUT2D eigenvalue weighted by Gasteiger charge is 2.43. The number of hydrogen-bond acceptors (Lipinski definition) is 4. The Morgan fingerprint density at radius 1 is 1.35 bits per heavy atom. The van der Waals surface area contributed by atoms with Crippen LogP contribution in [0.5, 0.6) is 0 Å². The molecule has 3 aliphatic rings. The summed E-state index contributed by atoms with van der Waals surface area (Å²) in [4.78, 5) is 12.0. The second-order valence-corrected chi connectivity index (χ2v) is 8.24. The molecule has 1 aliphatic carbocycles. The summed E-state index contributed by atoms with van der Waals surface area (Å²) in [5.41, 5.74) is 0. The van der Waals surface area contributed by atoms with Crippen molar-refractivity contribution in [2.45, 2.75) is 37.9 Å². The molecule has 2 saturated heterocycles. The van der Waals surface area contributed by atoms with Gasteiger partial charge in [0.05, 0.1) is 12.4 Å². The summed E-state index contributed by atoms with van der Waals surface area (Å²) in [6.07, 6.45) is 4.62. The number of sulfonamides is 1. The Morgan fingerprint density at radius 2 is 2.10 bits per heavy atom. The monoisotopic (exact) mass is 302 g/mol. The molecule has 114 valence electrons. The number of hydrogen-bond donors (Lipinski definition) is 1. The molecule has 7 heteroatoms. The molecule has 0 aromatic rings. The van der Waals surface area contributed by atoms with Crippen LogP contribution in [0.15, 0.2) is 0 Å². The molecule has 20 heavy (non-hydrogen) atoms.